The van der Waals surface area contributed by atoms with E-state index in [0.717, 1.165) is 12.1 Å². The zero-order valence-electron chi connectivity index (χ0n) is 10.3. The highest BCUT2D eigenvalue weighted by molar-refractivity contribution is 5.99. The summed E-state index contributed by atoms with van der Waals surface area (Å²) in [4.78, 5) is 11.9. The first-order valence-corrected chi connectivity index (χ1v) is 5.38. The first kappa shape index (κ1) is 14.7. The van der Waals surface area contributed by atoms with Gasteiger partial charge in [0.2, 0.25) is 0 Å². The maximum atomic E-state index is 13.2. The van der Waals surface area contributed by atoms with Crippen molar-refractivity contribution in [3.05, 3.63) is 35.4 Å². The molecule has 0 heterocycles. The van der Waals surface area contributed by atoms with Crippen molar-refractivity contribution < 1.29 is 22.4 Å². The van der Waals surface area contributed by atoms with E-state index in [1.807, 2.05) is 0 Å². The van der Waals surface area contributed by atoms with Crippen LogP contribution in [-0.4, -0.2) is 12.2 Å². The second-order valence-electron chi connectivity index (χ2n) is 5.08. The van der Waals surface area contributed by atoms with Gasteiger partial charge in [0.1, 0.15) is 0 Å². The van der Waals surface area contributed by atoms with Crippen molar-refractivity contribution in [2.75, 3.05) is 0 Å². The molecule has 0 unspecified atom stereocenters. The smallest absolute Gasteiger partial charge is 0.294 e. The summed E-state index contributed by atoms with van der Waals surface area (Å²) < 4.78 is 50.8. The predicted octanol–water partition coefficient (Wildman–Crippen LogP) is 4.27. The lowest BCUT2D eigenvalue weighted by atomic mass is 9.86. The normalized spacial score (nSPS) is 12.9. The molecule has 0 aliphatic rings. The van der Waals surface area contributed by atoms with E-state index in [4.69, 9.17) is 0 Å². The van der Waals surface area contributed by atoms with E-state index >= 15 is 0 Å². The summed E-state index contributed by atoms with van der Waals surface area (Å²) in [5.41, 5.74) is -1.58. The Balaban J connectivity index is 3.19. The van der Waals surface area contributed by atoms with Crippen LogP contribution in [0.4, 0.5) is 17.6 Å². The molecule has 0 saturated heterocycles. The monoisotopic (exact) mass is 262 g/mol. The minimum Gasteiger partial charge on any atom is -0.294 e. The first-order valence-electron chi connectivity index (χ1n) is 5.38. The van der Waals surface area contributed by atoms with E-state index in [9.17, 15) is 22.4 Å². The van der Waals surface area contributed by atoms with E-state index in [1.165, 1.54) is 12.1 Å². The fourth-order valence-corrected chi connectivity index (χ4v) is 1.43. The lowest BCUT2D eigenvalue weighted by molar-refractivity contribution is -0.135. The quantitative estimate of drug-likeness (QED) is 0.587. The Morgan fingerprint density at radius 3 is 2.17 bits per heavy atom. The molecule has 100 valence electrons. The van der Waals surface area contributed by atoms with Gasteiger partial charge in [0.05, 0.1) is 0 Å². The van der Waals surface area contributed by atoms with Crippen molar-refractivity contribution in [1.82, 2.24) is 0 Å². The second-order valence-corrected chi connectivity index (χ2v) is 5.08. The van der Waals surface area contributed by atoms with Gasteiger partial charge in [0, 0.05) is 16.5 Å². The molecule has 1 rings (SSSR count). The summed E-state index contributed by atoms with van der Waals surface area (Å²) in [7, 11) is 0. The number of halogens is 4. The van der Waals surface area contributed by atoms with Crippen LogP contribution in [0.25, 0.3) is 0 Å². The topological polar surface area (TPSA) is 17.1 Å². The fraction of sp³-hybridized carbons (Fsp3) is 0.462. The van der Waals surface area contributed by atoms with Gasteiger partial charge in [-0.15, -0.1) is 0 Å². The van der Waals surface area contributed by atoms with Crippen molar-refractivity contribution in [3.8, 4) is 0 Å². The highest BCUT2D eigenvalue weighted by Gasteiger charge is 2.43. The number of hydrogen-bond donors (Lipinski definition) is 0. The van der Waals surface area contributed by atoms with Crippen LogP contribution in [0.2, 0.25) is 0 Å². The molecule has 0 aliphatic carbocycles. The summed E-state index contributed by atoms with van der Waals surface area (Å²) in [6.07, 6.45) is -3.79. The number of carbonyl (C=O) groups is 1. The Bertz CT molecular complexity index is 447. The molecule has 1 aromatic carbocycles. The van der Waals surface area contributed by atoms with Gasteiger partial charge in [-0.3, -0.25) is 4.79 Å². The maximum absolute atomic E-state index is 13.2. The molecule has 0 N–H and O–H groups in total. The molecule has 5 heteroatoms. The summed E-state index contributed by atoms with van der Waals surface area (Å²) >= 11 is 0. The minimum atomic E-state index is -4.24. The van der Waals surface area contributed by atoms with Gasteiger partial charge in [-0.05, 0) is 6.07 Å². The minimum absolute atomic E-state index is 0.0142. The van der Waals surface area contributed by atoms with Crippen LogP contribution in [0.1, 0.15) is 36.7 Å². The van der Waals surface area contributed by atoms with Gasteiger partial charge in [0.15, 0.2) is 5.78 Å². The molecule has 18 heavy (non-hydrogen) atoms. The molecule has 0 spiro atoms. The van der Waals surface area contributed by atoms with Crippen LogP contribution in [0, 0.1) is 5.41 Å². The molecule has 1 aromatic rings. The van der Waals surface area contributed by atoms with E-state index < -0.39 is 23.3 Å². The van der Waals surface area contributed by atoms with Gasteiger partial charge >= 0.3 is 12.3 Å². The molecule has 0 atom stereocenters. The zero-order chi connectivity index (χ0) is 14.1. The molecule has 0 fully saturated rings. The number of rotatable bonds is 3. The third-order valence-electron chi connectivity index (χ3n) is 2.46. The molecular weight excluding hydrogens is 248 g/mol. The lowest BCUT2D eigenvalue weighted by Crippen LogP contribution is -2.25. The summed E-state index contributed by atoms with van der Waals surface area (Å²) in [5.74, 6) is -4.61. The van der Waals surface area contributed by atoms with Crippen LogP contribution in [0.15, 0.2) is 24.3 Å². The highest BCUT2D eigenvalue weighted by atomic mass is 19.3. The summed E-state index contributed by atoms with van der Waals surface area (Å²) in [5, 5.41) is 0. The van der Waals surface area contributed by atoms with Crippen LogP contribution in [0.5, 0.6) is 0 Å². The largest absolute Gasteiger partial charge is 0.332 e. The van der Waals surface area contributed by atoms with Gasteiger partial charge in [-0.25, -0.2) is 8.78 Å². The average Bonchev–Trinajstić information content (AvgIpc) is 2.26. The SMILES string of the molecule is CC(C)(C)C(=O)c1cccc(C(F)(F)C(F)F)c1. The number of ketones is 1. The Hall–Kier alpha value is -1.39. The number of alkyl halides is 4. The maximum Gasteiger partial charge on any atom is 0.332 e. The van der Waals surface area contributed by atoms with E-state index in [-0.39, 0.29) is 11.3 Å². The lowest BCUT2D eigenvalue weighted by Gasteiger charge is -2.19. The van der Waals surface area contributed by atoms with Crippen molar-refractivity contribution in [3.63, 3.8) is 0 Å². The predicted molar refractivity (Wildman–Crippen MR) is 60.1 cm³/mol. The van der Waals surface area contributed by atoms with Crippen LogP contribution in [0.3, 0.4) is 0 Å². The molecule has 0 amide bonds. The average molecular weight is 262 g/mol. The third kappa shape index (κ3) is 2.89. The Morgan fingerprint density at radius 2 is 1.72 bits per heavy atom. The zero-order valence-corrected chi connectivity index (χ0v) is 10.3. The van der Waals surface area contributed by atoms with Gasteiger partial charge in [-0.1, -0.05) is 39.0 Å². The molecule has 0 bridgehead atoms. The standard InChI is InChI=1S/C13H14F4O/c1-12(2,3)10(18)8-5-4-6-9(7-8)13(16,17)11(14)15/h4-7,11H,1-3H3. The van der Waals surface area contributed by atoms with E-state index in [1.54, 1.807) is 20.8 Å². The van der Waals surface area contributed by atoms with Gasteiger partial charge < -0.3 is 0 Å². The first-order chi connectivity index (χ1) is 8.06. The van der Waals surface area contributed by atoms with E-state index in [0.29, 0.717) is 0 Å². The molecular formula is C13H14F4O. The number of Topliss-reactive ketones (excluding diaryl/α,β-unsaturated/α-hetero) is 1. The van der Waals surface area contributed by atoms with Crippen molar-refractivity contribution in [2.45, 2.75) is 33.1 Å². The number of benzene rings is 1. The van der Waals surface area contributed by atoms with Gasteiger partial charge in [-0.2, -0.15) is 8.78 Å². The van der Waals surface area contributed by atoms with Crippen molar-refractivity contribution >= 4 is 5.78 Å². The summed E-state index contributed by atoms with van der Waals surface area (Å²) in [6.45, 7) is 4.90. The fourth-order valence-electron chi connectivity index (χ4n) is 1.43. The summed E-state index contributed by atoms with van der Waals surface area (Å²) in [6, 6.07) is 4.26. The van der Waals surface area contributed by atoms with Crippen LogP contribution < -0.4 is 0 Å². The molecule has 0 radical (unpaired) electrons. The third-order valence-corrected chi connectivity index (χ3v) is 2.46. The Morgan fingerprint density at radius 1 is 1.17 bits per heavy atom. The van der Waals surface area contributed by atoms with Crippen molar-refractivity contribution in [1.29, 1.82) is 0 Å². The number of carbonyl (C=O) groups excluding carboxylic acids is 1. The van der Waals surface area contributed by atoms with E-state index in [2.05, 4.69) is 0 Å². The molecule has 0 aliphatic heterocycles. The second kappa shape index (κ2) is 4.71. The van der Waals surface area contributed by atoms with Crippen molar-refractivity contribution in [2.24, 2.45) is 5.41 Å². The molecule has 0 saturated carbocycles. The Labute approximate surface area is 103 Å². The van der Waals surface area contributed by atoms with Crippen LogP contribution >= 0.6 is 0 Å². The Kier molecular flexibility index (Phi) is 3.84. The molecule has 1 nitrogen and oxygen atoms in total. The highest BCUT2D eigenvalue weighted by Crippen LogP contribution is 2.35. The number of hydrogen-bond acceptors (Lipinski definition) is 1. The van der Waals surface area contributed by atoms with Gasteiger partial charge in [0.25, 0.3) is 0 Å². The van der Waals surface area contributed by atoms with Crippen LogP contribution in [-0.2, 0) is 5.92 Å². The molecule has 0 aromatic heterocycles.